The van der Waals surface area contributed by atoms with Gasteiger partial charge in [-0.3, -0.25) is 19.4 Å². The van der Waals surface area contributed by atoms with Crippen LogP contribution in [0.2, 0.25) is 5.02 Å². The van der Waals surface area contributed by atoms with Crippen molar-refractivity contribution in [2.75, 3.05) is 63.6 Å². The third-order valence-corrected chi connectivity index (χ3v) is 9.33. The fourth-order valence-corrected chi connectivity index (χ4v) is 6.60. The summed E-state index contributed by atoms with van der Waals surface area (Å²) in [7, 11) is 1.73. The van der Waals surface area contributed by atoms with Gasteiger partial charge < -0.3 is 25.7 Å². The Labute approximate surface area is 286 Å². The molecule has 1 saturated carbocycles. The van der Waals surface area contributed by atoms with Crippen molar-refractivity contribution in [3.8, 4) is 11.3 Å². The molecule has 6 rings (SSSR count). The number of anilines is 2. The van der Waals surface area contributed by atoms with Crippen molar-refractivity contribution in [2.45, 2.75) is 37.8 Å². The fourth-order valence-electron chi connectivity index (χ4n) is 6.41. The number of nitrogens with one attached hydrogen (secondary N) is 4. The van der Waals surface area contributed by atoms with Crippen LogP contribution >= 0.6 is 11.6 Å². The summed E-state index contributed by atoms with van der Waals surface area (Å²) < 4.78 is 5.16. The molecule has 0 radical (unpaired) electrons. The van der Waals surface area contributed by atoms with Crippen LogP contribution in [0, 0.1) is 0 Å². The molecule has 0 bridgehead atoms. The van der Waals surface area contributed by atoms with Gasteiger partial charge in [-0.2, -0.15) is 0 Å². The quantitative estimate of drug-likeness (QED) is 0.152. The smallest absolute Gasteiger partial charge is 0.251 e. The van der Waals surface area contributed by atoms with E-state index in [1.54, 1.807) is 43.6 Å². The predicted molar refractivity (Wildman–Crippen MR) is 190 cm³/mol. The highest BCUT2D eigenvalue weighted by atomic mass is 35.5. The summed E-state index contributed by atoms with van der Waals surface area (Å²) in [4.78, 5) is 42.8. The molecule has 2 aliphatic rings. The number of hydrogen-bond donors (Lipinski definition) is 4. The zero-order valence-corrected chi connectivity index (χ0v) is 28.0. The van der Waals surface area contributed by atoms with Crippen LogP contribution in [-0.4, -0.2) is 102 Å². The number of para-hydroxylation sites is 1. The molecule has 12 heteroatoms. The second kappa shape index (κ2) is 16.2. The van der Waals surface area contributed by atoms with Gasteiger partial charge in [0.15, 0.2) is 0 Å². The number of methoxy groups -OCH3 is 1. The summed E-state index contributed by atoms with van der Waals surface area (Å²) in [5.74, 6) is 0.190. The Kier molecular flexibility index (Phi) is 11.3. The van der Waals surface area contributed by atoms with E-state index in [1.807, 2.05) is 36.5 Å². The van der Waals surface area contributed by atoms with Gasteiger partial charge in [0.2, 0.25) is 11.9 Å². The number of carbonyl (C=O) groups excluding carboxylic acids is 2. The molecule has 2 atom stereocenters. The van der Waals surface area contributed by atoms with Crippen LogP contribution in [-0.2, 0) is 9.53 Å². The molecule has 4 N–H and O–H groups in total. The minimum atomic E-state index is -0.190. The van der Waals surface area contributed by atoms with Crippen LogP contribution < -0.4 is 16.0 Å². The summed E-state index contributed by atoms with van der Waals surface area (Å²) in [5, 5.41) is 11.1. The molecule has 1 aliphatic carbocycles. The number of amides is 2. The molecule has 11 nitrogen and oxygen atoms in total. The van der Waals surface area contributed by atoms with Gasteiger partial charge >= 0.3 is 0 Å². The van der Waals surface area contributed by atoms with Crippen LogP contribution in [0.5, 0.6) is 0 Å². The molecule has 4 aromatic rings. The maximum absolute atomic E-state index is 13.1. The lowest BCUT2D eigenvalue weighted by Gasteiger charge is -2.33. The Morgan fingerprint density at radius 2 is 1.81 bits per heavy atom. The maximum Gasteiger partial charge on any atom is 0.251 e. The van der Waals surface area contributed by atoms with Crippen molar-refractivity contribution in [1.82, 2.24) is 30.1 Å². The molecule has 2 aromatic carbocycles. The normalized spacial score (nSPS) is 19.0. The number of halogens is 1. The summed E-state index contributed by atoms with van der Waals surface area (Å²) in [6.07, 6.45) is 10.6. The fraction of sp³-hybridized carbons (Fsp3) is 0.389. The predicted octanol–water partition coefficient (Wildman–Crippen LogP) is 5.19. The van der Waals surface area contributed by atoms with E-state index in [9.17, 15) is 9.59 Å². The number of H-pyrrole nitrogens is 1. The number of aromatic amines is 1. The monoisotopic (exact) mass is 670 g/mol. The summed E-state index contributed by atoms with van der Waals surface area (Å²) >= 11 is 6.52. The second-order valence-corrected chi connectivity index (χ2v) is 12.8. The number of aromatic nitrogens is 3. The molecule has 48 heavy (non-hydrogen) atoms. The van der Waals surface area contributed by atoms with E-state index >= 15 is 0 Å². The van der Waals surface area contributed by atoms with E-state index in [2.05, 4.69) is 35.7 Å². The second-order valence-electron chi connectivity index (χ2n) is 12.4. The Morgan fingerprint density at radius 1 is 1.04 bits per heavy atom. The van der Waals surface area contributed by atoms with Gasteiger partial charge in [0.25, 0.3) is 5.91 Å². The first kappa shape index (κ1) is 33.6. The van der Waals surface area contributed by atoms with Crippen molar-refractivity contribution >= 4 is 46.0 Å². The number of ether oxygens (including phenoxy) is 1. The zero-order chi connectivity index (χ0) is 33.3. The first-order chi connectivity index (χ1) is 23.4. The van der Waals surface area contributed by atoms with E-state index in [1.165, 1.54) is 0 Å². The van der Waals surface area contributed by atoms with Crippen LogP contribution in [0.1, 0.15) is 36.0 Å². The molecule has 0 spiro atoms. The lowest BCUT2D eigenvalue weighted by atomic mass is 9.91. The minimum Gasteiger partial charge on any atom is -0.383 e. The van der Waals surface area contributed by atoms with Crippen molar-refractivity contribution in [1.29, 1.82) is 0 Å². The summed E-state index contributed by atoms with van der Waals surface area (Å²) in [6.45, 7) is 6.41. The molecule has 2 amide bonds. The molecule has 2 aromatic heterocycles. The van der Waals surface area contributed by atoms with E-state index in [0.717, 1.165) is 88.0 Å². The van der Waals surface area contributed by atoms with E-state index in [-0.39, 0.29) is 23.9 Å². The number of rotatable bonds is 12. The average molecular weight is 671 g/mol. The van der Waals surface area contributed by atoms with Crippen LogP contribution in [0.3, 0.4) is 0 Å². The molecule has 0 unspecified atom stereocenters. The number of carbonyl (C=O) groups is 2. The highest BCUT2D eigenvalue weighted by Gasteiger charge is 2.25. The Morgan fingerprint density at radius 3 is 2.62 bits per heavy atom. The average Bonchev–Trinajstić information content (AvgIpc) is 3.53. The summed E-state index contributed by atoms with van der Waals surface area (Å²) in [6, 6.07) is 15.2. The molecule has 1 aliphatic heterocycles. The number of benzene rings is 2. The van der Waals surface area contributed by atoms with Gasteiger partial charge in [0, 0.05) is 98.5 Å². The SMILES string of the molecule is COCCN1CCN(C/C=C/C(=O)Nc2ccc(C(=O)N[C@H]3CCC[C@@H](Nc4ncc(Cl)c(-c5c[nH]c6ccccc56)n4)C3)cc2)CC1. The lowest BCUT2D eigenvalue weighted by Crippen LogP contribution is -2.47. The zero-order valence-electron chi connectivity index (χ0n) is 27.3. The number of fused-ring (bicyclic) bond motifs is 1. The maximum atomic E-state index is 13.1. The van der Waals surface area contributed by atoms with Crippen LogP contribution in [0.4, 0.5) is 11.6 Å². The third kappa shape index (κ3) is 8.78. The highest BCUT2D eigenvalue weighted by Crippen LogP contribution is 2.33. The molecule has 2 fully saturated rings. The van der Waals surface area contributed by atoms with E-state index in [0.29, 0.717) is 27.9 Å². The van der Waals surface area contributed by atoms with E-state index in [4.69, 9.17) is 21.3 Å². The van der Waals surface area contributed by atoms with Gasteiger partial charge in [-0.1, -0.05) is 35.9 Å². The molecule has 252 valence electrons. The first-order valence-corrected chi connectivity index (χ1v) is 17.0. The van der Waals surface area contributed by atoms with Crippen molar-refractivity contribution in [3.05, 3.63) is 83.7 Å². The van der Waals surface area contributed by atoms with Crippen molar-refractivity contribution < 1.29 is 14.3 Å². The molecular formula is C36H43ClN8O3. The first-order valence-electron chi connectivity index (χ1n) is 16.6. The topological polar surface area (TPSA) is 128 Å². The van der Waals surface area contributed by atoms with Crippen molar-refractivity contribution in [3.63, 3.8) is 0 Å². The minimum absolute atomic E-state index is 0.0157. The van der Waals surface area contributed by atoms with Crippen molar-refractivity contribution in [2.24, 2.45) is 0 Å². The molecular weight excluding hydrogens is 628 g/mol. The Balaban J connectivity index is 0.962. The summed E-state index contributed by atoms with van der Waals surface area (Å²) in [5.41, 5.74) is 3.81. The number of nitrogens with zero attached hydrogens (tertiary/aromatic N) is 4. The Hall–Kier alpha value is -4.29. The highest BCUT2D eigenvalue weighted by molar-refractivity contribution is 6.33. The van der Waals surface area contributed by atoms with Crippen LogP contribution in [0.15, 0.2) is 73.1 Å². The van der Waals surface area contributed by atoms with Crippen LogP contribution in [0.25, 0.3) is 22.2 Å². The number of piperazine rings is 1. The van der Waals surface area contributed by atoms with Gasteiger partial charge in [-0.15, -0.1) is 0 Å². The number of hydrogen-bond acceptors (Lipinski definition) is 8. The van der Waals surface area contributed by atoms with Gasteiger partial charge in [-0.25, -0.2) is 9.97 Å². The largest absolute Gasteiger partial charge is 0.383 e. The molecule has 3 heterocycles. The third-order valence-electron chi connectivity index (χ3n) is 9.06. The standard InChI is InChI=1S/C36H43ClN8O3/c1-48-21-20-45-18-16-44(17-19-45)15-5-10-33(46)40-26-13-11-25(12-14-26)35(47)41-27-6-4-7-28(22-27)42-36-39-24-31(37)34(43-36)30-23-38-32-9-3-2-8-29(30)32/h2-3,5,8-14,23-24,27-28,38H,4,6-7,15-22H2,1H3,(H,40,46)(H,41,47)(H,39,42,43)/b10-5+/t27-,28+/m0/s1. The lowest BCUT2D eigenvalue weighted by molar-refractivity contribution is -0.111. The molecule has 1 saturated heterocycles. The van der Waals surface area contributed by atoms with E-state index < -0.39 is 0 Å². The Bertz CT molecular complexity index is 1720. The van der Waals surface area contributed by atoms with Gasteiger partial charge in [0.05, 0.1) is 23.5 Å². The van der Waals surface area contributed by atoms with Gasteiger partial charge in [0.1, 0.15) is 0 Å². The van der Waals surface area contributed by atoms with Gasteiger partial charge in [-0.05, 0) is 56.0 Å².